The molecule has 0 aromatic heterocycles. The molecule has 0 unspecified atom stereocenters. The van der Waals surface area contributed by atoms with Crippen molar-refractivity contribution in [3.63, 3.8) is 0 Å². The van der Waals surface area contributed by atoms with E-state index in [2.05, 4.69) is 45.5 Å². The van der Waals surface area contributed by atoms with Crippen molar-refractivity contribution in [2.75, 3.05) is 13.1 Å². The van der Waals surface area contributed by atoms with Gasteiger partial charge >= 0.3 is 0 Å². The highest BCUT2D eigenvalue weighted by Gasteiger charge is 1.98. The Bertz CT molecular complexity index is 368. The number of hydrazone groups is 2. The molecule has 0 saturated carbocycles. The van der Waals surface area contributed by atoms with Crippen molar-refractivity contribution in [2.45, 2.75) is 53.4 Å². The normalized spacial score (nSPS) is 11.8. The SMILES string of the molecule is CCCNC(=S)NN=C(C)CCC(C)=NNC(=S)NCCC. The maximum absolute atomic E-state index is 5.09. The van der Waals surface area contributed by atoms with Gasteiger partial charge in [0.25, 0.3) is 0 Å². The summed E-state index contributed by atoms with van der Waals surface area (Å²) in [7, 11) is 0. The van der Waals surface area contributed by atoms with Crippen LogP contribution in [0.5, 0.6) is 0 Å². The van der Waals surface area contributed by atoms with Crippen molar-refractivity contribution < 1.29 is 0 Å². The molecule has 8 heteroatoms. The Kier molecular flexibility index (Phi) is 12.6. The predicted octanol–water partition coefficient (Wildman–Crippen LogP) is 2.27. The van der Waals surface area contributed by atoms with Crippen molar-refractivity contribution in [1.29, 1.82) is 0 Å². The molecule has 0 heterocycles. The molecule has 0 atom stereocenters. The lowest BCUT2D eigenvalue weighted by Gasteiger charge is -2.07. The monoisotopic (exact) mass is 344 g/mol. The van der Waals surface area contributed by atoms with Gasteiger partial charge in [-0.2, -0.15) is 10.2 Å². The lowest BCUT2D eigenvalue weighted by atomic mass is 10.2. The Morgan fingerprint density at radius 1 is 0.773 bits per heavy atom. The molecule has 0 rings (SSSR count). The second kappa shape index (κ2) is 13.4. The van der Waals surface area contributed by atoms with Gasteiger partial charge in [-0.1, -0.05) is 13.8 Å². The first kappa shape index (κ1) is 20.7. The van der Waals surface area contributed by atoms with E-state index in [4.69, 9.17) is 24.4 Å². The Morgan fingerprint density at radius 3 is 1.45 bits per heavy atom. The molecule has 0 fully saturated rings. The maximum Gasteiger partial charge on any atom is 0.186 e. The number of rotatable bonds is 9. The molecule has 0 aliphatic carbocycles. The van der Waals surface area contributed by atoms with Gasteiger partial charge in [0.1, 0.15) is 0 Å². The Hall–Kier alpha value is -1.28. The predicted molar refractivity (Wildman–Crippen MR) is 104 cm³/mol. The third-order valence-corrected chi connectivity index (χ3v) is 3.09. The minimum absolute atomic E-state index is 0.556. The van der Waals surface area contributed by atoms with Crippen LogP contribution in [0.3, 0.4) is 0 Å². The molecule has 0 aromatic rings. The van der Waals surface area contributed by atoms with Crippen LogP contribution < -0.4 is 21.5 Å². The fraction of sp³-hybridized carbons (Fsp3) is 0.714. The van der Waals surface area contributed by atoms with E-state index in [1.54, 1.807) is 0 Å². The van der Waals surface area contributed by atoms with E-state index in [-0.39, 0.29) is 0 Å². The summed E-state index contributed by atoms with van der Waals surface area (Å²) in [5, 5.41) is 15.7. The van der Waals surface area contributed by atoms with E-state index in [9.17, 15) is 0 Å². The van der Waals surface area contributed by atoms with Gasteiger partial charge in [-0.25, -0.2) is 0 Å². The van der Waals surface area contributed by atoms with Gasteiger partial charge in [0.05, 0.1) is 0 Å². The largest absolute Gasteiger partial charge is 0.361 e. The molecular formula is C14H28N6S2. The van der Waals surface area contributed by atoms with Crippen molar-refractivity contribution >= 4 is 46.1 Å². The summed E-state index contributed by atoms with van der Waals surface area (Å²) < 4.78 is 0. The van der Waals surface area contributed by atoms with Crippen LogP contribution in [0.2, 0.25) is 0 Å². The zero-order valence-corrected chi connectivity index (χ0v) is 15.6. The van der Waals surface area contributed by atoms with Gasteiger partial charge in [-0.15, -0.1) is 0 Å². The Labute approximate surface area is 144 Å². The van der Waals surface area contributed by atoms with Crippen LogP contribution in [0.4, 0.5) is 0 Å². The van der Waals surface area contributed by atoms with E-state index in [0.29, 0.717) is 10.2 Å². The quantitative estimate of drug-likeness (QED) is 0.292. The third kappa shape index (κ3) is 12.5. The molecule has 6 nitrogen and oxygen atoms in total. The number of thiocarbonyl (C=S) groups is 2. The first-order valence-electron chi connectivity index (χ1n) is 7.63. The highest BCUT2D eigenvalue weighted by Crippen LogP contribution is 1.95. The van der Waals surface area contributed by atoms with Crippen LogP contribution in [-0.2, 0) is 0 Å². The summed E-state index contributed by atoms with van der Waals surface area (Å²) in [6.07, 6.45) is 3.69. The third-order valence-electron chi connectivity index (χ3n) is 2.62. The summed E-state index contributed by atoms with van der Waals surface area (Å²) in [5.41, 5.74) is 7.62. The first-order chi connectivity index (χ1) is 10.5. The van der Waals surface area contributed by atoms with Gasteiger partial charge in [0, 0.05) is 24.5 Å². The molecular weight excluding hydrogens is 316 g/mol. The second-order valence-corrected chi connectivity index (χ2v) is 5.75. The standard InChI is InChI=1S/C14H28N6S2/c1-5-9-15-13(21)19-17-11(3)7-8-12(4)18-20-14(22)16-10-6-2/h5-10H2,1-4H3,(H2,15,19,21)(H2,16,20,22). The Balaban J connectivity index is 3.99. The van der Waals surface area contributed by atoms with E-state index in [1.807, 2.05) is 13.8 Å². The molecule has 0 amide bonds. The summed E-state index contributed by atoms with van der Waals surface area (Å²) in [4.78, 5) is 0. The topological polar surface area (TPSA) is 72.8 Å². The van der Waals surface area contributed by atoms with Gasteiger partial charge in [-0.3, -0.25) is 10.9 Å². The smallest absolute Gasteiger partial charge is 0.186 e. The fourth-order valence-corrected chi connectivity index (χ4v) is 1.62. The molecule has 22 heavy (non-hydrogen) atoms. The minimum atomic E-state index is 0.556. The van der Waals surface area contributed by atoms with Crippen molar-refractivity contribution in [2.24, 2.45) is 10.2 Å². The molecule has 0 radical (unpaired) electrons. The Morgan fingerprint density at radius 2 is 1.14 bits per heavy atom. The van der Waals surface area contributed by atoms with E-state index >= 15 is 0 Å². The van der Waals surface area contributed by atoms with Gasteiger partial charge in [0.15, 0.2) is 10.2 Å². The highest BCUT2D eigenvalue weighted by molar-refractivity contribution is 7.80. The molecule has 0 saturated heterocycles. The number of hydrogen-bond acceptors (Lipinski definition) is 4. The van der Waals surface area contributed by atoms with Gasteiger partial charge in [-0.05, 0) is 64.0 Å². The highest BCUT2D eigenvalue weighted by atomic mass is 32.1. The minimum Gasteiger partial charge on any atom is -0.361 e. The molecule has 4 N–H and O–H groups in total. The zero-order valence-electron chi connectivity index (χ0n) is 14.0. The van der Waals surface area contributed by atoms with Crippen LogP contribution in [0.25, 0.3) is 0 Å². The van der Waals surface area contributed by atoms with E-state index in [1.165, 1.54) is 0 Å². The molecule has 126 valence electrons. The van der Waals surface area contributed by atoms with Crippen molar-refractivity contribution in [3.8, 4) is 0 Å². The molecule has 0 spiro atoms. The molecule has 0 bridgehead atoms. The average Bonchev–Trinajstić information content (AvgIpc) is 2.52. The molecule has 0 aliphatic rings. The van der Waals surface area contributed by atoms with Crippen LogP contribution in [0.1, 0.15) is 53.4 Å². The van der Waals surface area contributed by atoms with Crippen LogP contribution in [-0.4, -0.2) is 34.7 Å². The van der Waals surface area contributed by atoms with Crippen LogP contribution in [0.15, 0.2) is 10.2 Å². The van der Waals surface area contributed by atoms with E-state index in [0.717, 1.165) is 50.2 Å². The van der Waals surface area contributed by atoms with Crippen molar-refractivity contribution in [3.05, 3.63) is 0 Å². The molecule has 0 aliphatic heterocycles. The summed E-state index contributed by atoms with van der Waals surface area (Å²) in [6, 6.07) is 0. The van der Waals surface area contributed by atoms with Crippen LogP contribution >= 0.6 is 24.4 Å². The number of nitrogens with one attached hydrogen (secondary N) is 4. The fourth-order valence-electron chi connectivity index (χ4n) is 1.32. The van der Waals surface area contributed by atoms with Crippen molar-refractivity contribution in [1.82, 2.24) is 21.5 Å². The van der Waals surface area contributed by atoms with Crippen LogP contribution in [0, 0.1) is 0 Å². The summed E-state index contributed by atoms with van der Waals surface area (Å²) >= 11 is 10.2. The zero-order chi connectivity index (χ0) is 16.8. The average molecular weight is 345 g/mol. The first-order valence-corrected chi connectivity index (χ1v) is 8.45. The summed E-state index contributed by atoms with van der Waals surface area (Å²) in [6.45, 7) is 9.80. The maximum atomic E-state index is 5.09. The van der Waals surface area contributed by atoms with Gasteiger partial charge in [0.2, 0.25) is 0 Å². The molecule has 0 aromatic carbocycles. The lowest BCUT2D eigenvalue weighted by molar-refractivity contribution is 0.813. The summed E-state index contributed by atoms with van der Waals surface area (Å²) in [5.74, 6) is 0. The number of hydrogen-bond donors (Lipinski definition) is 4. The number of nitrogens with zero attached hydrogens (tertiary/aromatic N) is 2. The second-order valence-electron chi connectivity index (χ2n) is 4.93. The van der Waals surface area contributed by atoms with Gasteiger partial charge < -0.3 is 10.6 Å². The van der Waals surface area contributed by atoms with E-state index < -0.39 is 0 Å². The lowest BCUT2D eigenvalue weighted by Crippen LogP contribution is -2.33.